The minimum atomic E-state index is -3.15. The fraction of sp³-hybridized carbons (Fsp3) is 0.810. The molecule has 3 rings (SSSR count). The van der Waals surface area contributed by atoms with Crippen LogP contribution in [0.2, 0.25) is 0 Å². The van der Waals surface area contributed by atoms with Gasteiger partial charge in [0.2, 0.25) is 0 Å². The van der Waals surface area contributed by atoms with Gasteiger partial charge in [-0.05, 0) is 82.4 Å². The van der Waals surface area contributed by atoms with Gasteiger partial charge in [0.25, 0.3) is 0 Å². The molecule has 0 radical (unpaired) electrons. The van der Waals surface area contributed by atoms with E-state index in [0.717, 1.165) is 51.4 Å². The molecule has 2 N–H and O–H groups in total. The van der Waals surface area contributed by atoms with Crippen molar-refractivity contribution < 1.29 is 49.2 Å². The molecule has 0 bridgehead atoms. The Morgan fingerprint density at radius 3 is 2.67 bits per heavy atom. The van der Waals surface area contributed by atoms with Crippen molar-refractivity contribution >= 4 is 7.37 Å². The summed E-state index contributed by atoms with van der Waals surface area (Å²) >= 11 is 0. The molecule has 27 heavy (non-hydrogen) atoms. The Morgan fingerprint density at radius 1 is 1.30 bits per heavy atom. The van der Waals surface area contributed by atoms with Crippen molar-refractivity contribution in [2.24, 2.45) is 17.8 Å². The van der Waals surface area contributed by atoms with Gasteiger partial charge in [0.1, 0.15) is 5.60 Å². The molecule has 146 valence electrons. The van der Waals surface area contributed by atoms with E-state index in [1.165, 1.54) is 18.7 Å². The average Bonchev–Trinajstić information content (AvgIpc) is 3.06. The van der Waals surface area contributed by atoms with Crippen LogP contribution in [-0.4, -0.2) is 34.7 Å². The number of rotatable bonds is 4. The second-order valence-corrected chi connectivity index (χ2v) is 11.2. The SMILES string of the molecule is CP(=O)([O-])CCC/C=C1\CC2C[C@@H](O)[C@H](C#CC3(O)CCCCC3)C2C1.[Na+]. The van der Waals surface area contributed by atoms with E-state index in [1.54, 1.807) is 0 Å². The van der Waals surface area contributed by atoms with Gasteiger partial charge in [-0.1, -0.05) is 29.9 Å². The molecule has 3 aliphatic rings. The molecular weight excluding hydrogens is 370 g/mol. The number of aliphatic hydroxyl groups excluding tert-OH is 1. The van der Waals surface area contributed by atoms with Crippen LogP contribution in [-0.2, 0) is 4.57 Å². The Hall–Kier alpha value is 0.410. The van der Waals surface area contributed by atoms with Gasteiger partial charge in [-0.2, -0.15) is 0 Å². The van der Waals surface area contributed by atoms with Crippen molar-refractivity contribution in [2.75, 3.05) is 12.8 Å². The van der Waals surface area contributed by atoms with Gasteiger partial charge >= 0.3 is 29.6 Å². The fourth-order valence-corrected chi connectivity index (χ4v) is 5.75. The first-order chi connectivity index (χ1) is 12.3. The summed E-state index contributed by atoms with van der Waals surface area (Å²) in [5, 5.41) is 21.0. The van der Waals surface area contributed by atoms with Crippen LogP contribution >= 0.6 is 7.37 Å². The van der Waals surface area contributed by atoms with E-state index in [-0.39, 0.29) is 47.7 Å². The molecule has 0 aliphatic heterocycles. The van der Waals surface area contributed by atoms with Gasteiger partial charge in [0, 0.05) is 13.3 Å². The van der Waals surface area contributed by atoms with Crippen LogP contribution in [0.5, 0.6) is 0 Å². The van der Waals surface area contributed by atoms with Gasteiger partial charge in [-0.3, -0.25) is 0 Å². The van der Waals surface area contributed by atoms with Crippen LogP contribution in [0.4, 0.5) is 0 Å². The zero-order chi connectivity index (χ0) is 18.8. The van der Waals surface area contributed by atoms with Crippen LogP contribution < -0.4 is 34.5 Å². The molecule has 5 atom stereocenters. The minimum absolute atomic E-state index is 0. The summed E-state index contributed by atoms with van der Waals surface area (Å²) in [5.41, 5.74) is 0.548. The summed E-state index contributed by atoms with van der Waals surface area (Å²) in [6.45, 7) is 1.31. The molecule has 3 fully saturated rings. The molecule has 6 heteroatoms. The Bertz CT molecular complexity index is 638. The summed E-state index contributed by atoms with van der Waals surface area (Å²) in [5.74, 6) is 7.22. The largest absolute Gasteiger partial charge is 1.00 e. The van der Waals surface area contributed by atoms with E-state index in [1.807, 2.05) is 0 Å². The zero-order valence-corrected chi connectivity index (χ0v) is 19.7. The van der Waals surface area contributed by atoms with Crippen molar-refractivity contribution in [3.63, 3.8) is 0 Å². The number of hydrogen-bond acceptors (Lipinski definition) is 4. The molecule has 0 saturated heterocycles. The maximum absolute atomic E-state index is 11.2. The van der Waals surface area contributed by atoms with Gasteiger partial charge in [-0.25, -0.2) is 0 Å². The molecule has 3 unspecified atom stereocenters. The molecule has 0 heterocycles. The van der Waals surface area contributed by atoms with E-state index in [9.17, 15) is 19.7 Å². The van der Waals surface area contributed by atoms with E-state index >= 15 is 0 Å². The summed E-state index contributed by atoms with van der Waals surface area (Å²) in [6.07, 6.45) is 11.1. The Kier molecular flexibility index (Phi) is 8.72. The van der Waals surface area contributed by atoms with Crippen LogP contribution in [0, 0.1) is 29.6 Å². The number of aliphatic hydroxyl groups is 2. The second kappa shape index (κ2) is 9.94. The number of allylic oxidation sites excluding steroid dienone is 2. The van der Waals surface area contributed by atoms with E-state index < -0.39 is 13.0 Å². The Labute approximate surface area is 186 Å². The van der Waals surface area contributed by atoms with Crippen molar-refractivity contribution in [3.8, 4) is 11.8 Å². The Balaban J connectivity index is 0.00000261. The van der Waals surface area contributed by atoms with E-state index in [0.29, 0.717) is 18.3 Å². The summed E-state index contributed by atoms with van der Waals surface area (Å²) in [7, 11) is -3.15. The van der Waals surface area contributed by atoms with Gasteiger partial charge in [0.15, 0.2) is 0 Å². The van der Waals surface area contributed by atoms with Crippen molar-refractivity contribution in [2.45, 2.75) is 75.9 Å². The summed E-state index contributed by atoms with van der Waals surface area (Å²) in [6, 6.07) is 0. The molecule has 0 spiro atoms. The third-order valence-electron chi connectivity index (χ3n) is 6.40. The first-order valence-electron chi connectivity index (χ1n) is 10.1. The standard InChI is InChI=1S/C21H33O4P.Na/c1-26(24,25)12-6-3-7-16-13-17-15-20(22)18(19(17)14-16)8-11-21(23)9-4-2-5-10-21;/h7,17-20,22-23H,2-6,9-10,12-15H2,1H3,(H,24,25);/q;+1/p-1/b16-7+;/t17?,18-,19?,20-;/m1./s1. The molecule has 0 amide bonds. The predicted molar refractivity (Wildman–Crippen MR) is 102 cm³/mol. The van der Waals surface area contributed by atoms with Gasteiger partial charge < -0.3 is 19.7 Å². The molecule has 4 nitrogen and oxygen atoms in total. The number of hydrogen-bond donors (Lipinski definition) is 2. The van der Waals surface area contributed by atoms with Crippen LogP contribution in [0.25, 0.3) is 0 Å². The first-order valence-corrected chi connectivity index (χ1v) is 12.4. The summed E-state index contributed by atoms with van der Waals surface area (Å²) in [4.78, 5) is 11.2. The average molecular weight is 402 g/mol. The molecule has 0 aromatic heterocycles. The topological polar surface area (TPSA) is 80.6 Å². The Morgan fingerprint density at radius 2 is 2.00 bits per heavy atom. The molecule has 0 aromatic carbocycles. The second-order valence-electron chi connectivity index (χ2n) is 8.76. The molecule has 3 aliphatic carbocycles. The number of fused-ring (bicyclic) bond motifs is 1. The van der Waals surface area contributed by atoms with Crippen LogP contribution in [0.15, 0.2) is 11.6 Å². The van der Waals surface area contributed by atoms with Gasteiger partial charge in [0.05, 0.1) is 6.10 Å². The monoisotopic (exact) mass is 402 g/mol. The molecule has 3 saturated carbocycles. The first kappa shape index (κ1) is 23.7. The summed E-state index contributed by atoms with van der Waals surface area (Å²) < 4.78 is 11.2. The third-order valence-corrected chi connectivity index (χ3v) is 7.53. The van der Waals surface area contributed by atoms with Crippen molar-refractivity contribution in [3.05, 3.63) is 11.6 Å². The molecule has 0 aromatic rings. The van der Waals surface area contributed by atoms with Crippen molar-refractivity contribution in [1.82, 2.24) is 0 Å². The maximum Gasteiger partial charge on any atom is 1.00 e. The van der Waals surface area contributed by atoms with Crippen molar-refractivity contribution in [1.29, 1.82) is 0 Å². The van der Waals surface area contributed by atoms with E-state index in [4.69, 9.17) is 0 Å². The number of unbranched alkanes of at least 4 members (excludes halogenated alkanes) is 1. The fourth-order valence-electron chi connectivity index (χ4n) is 5.00. The normalized spacial score (nSPS) is 35.6. The predicted octanol–water partition coefficient (Wildman–Crippen LogP) is 0.0708. The maximum atomic E-state index is 11.2. The third kappa shape index (κ3) is 6.71. The minimum Gasteiger partial charge on any atom is -0.799 e. The quantitative estimate of drug-likeness (QED) is 0.229. The smallest absolute Gasteiger partial charge is 0.799 e. The van der Waals surface area contributed by atoms with Crippen LogP contribution in [0.1, 0.15) is 64.2 Å². The van der Waals surface area contributed by atoms with E-state index in [2.05, 4.69) is 17.9 Å². The zero-order valence-electron chi connectivity index (χ0n) is 16.8. The molecular formula is C21H32NaO4P. The van der Waals surface area contributed by atoms with Gasteiger partial charge in [-0.15, -0.1) is 0 Å². The van der Waals surface area contributed by atoms with Crippen LogP contribution in [0.3, 0.4) is 0 Å².